The number of rotatable bonds is 5. The summed E-state index contributed by atoms with van der Waals surface area (Å²) >= 11 is 0. The van der Waals surface area contributed by atoms with Gasteiger partial charge in [0.1, 0.15) is 11.4 Å². The molecule has 0 radical (unpaired) electrons. The van der Waals surface area contributed by atoms with Crippen molar-refractivity contribution in [1.82, 2.24) is 19.2 Å². The molecule has 11 heteroatoms. The van der Waals surface area contributed by atoms with E-state index >= 15 is 0 Å². The fourth-order valence-electron chi connectivity index (χ4n) is 5.07. The number of halogens is 3. The molecule has 0 unspecified atom stereocenters. The van der Waals surface area contributed by atoms with Crippen LogP contribution in [0.5, 0.6) is 5.75 Å². The molecule has 1 amide bonds. The summed E-state index contributed by atoms with van der Waals surface area (Å²) < 4.78 is 52.0. The van der Waals surface area contributed by atoms with Gasteiger partial charge in [-0.25, -0.2) is 4.98 Å². The van der Waals surface area contributed by atoms with E-state index < -0.39 is 12.2 Å². The number of aromatic nitrogens is 4. The van der Waals surface area contributed by atoms with E-state index in [1.165, 1.54) is 0 Å². The van der Waals surface area contributed by atoms with E-state index in [-0.39, 0.29) is 33.2 Å². The molecule has 3 aromatic rings. The normalized spacial score (nSPS) is 26.8. The van der Waals surface area contributed by atoms with E-state index in [1.54, 1.807) is 16.7 Å². The number of amides is 1. The van der Waals surface area contributed by atoms with Crippen molar-refractivity contribution < 1.29 is 27.4 Å². The molecule has 0 aromatic carbocycles. The summed E-state index contributed by atoms with van der Waals surface area (Å²) in [5.41, 5.74) is 1.57. The summed E-state index contributed by atoms with van der Waals surface area (Å²) in [7, 11) is 0. The van der Waals surface area contributed by atoms with Crippen LogP contribution in [-0.4, -0.2) is 43.4 Å². The number of anilines is 1. The predicted molar refractivity (Wildman–Crippen MR) is 110 cm³/mol. The second kappa shape index (κ2) is 6.72. The van der Waals surface area contributed by atoms with Crippen LogP contribution < -0.4 is 10.1 Å². The van der Waals surface area contributed by atoms with Gasteiger partial charge in [-0.3, -0.25) is 4.79 Å². The number of carbonyl (C=O) groups excluding carboxylic acids is 1. The Morgan fingerprint density at radius 1 is 1.30 bits per heavy atom. The first-order chi connectivity index (χ1) is 15.6. The average molecular weight is 461 g/mol. The van der Waals surface area contributed by atoms with Gasteiger partial charge < -0.3 is 19.2 Å². The van der Waals surface area contributed by atoms with Gasteiger partial charge in [-0.05, 0) is 39.0 Å². The van der Waals surface area contributed by atoms with Gasteiger partial charge in [0.25, 0.3) is 5.91 Å². The van der Waals surface area contributed by atoms with Crippen LogP contribution in [0.4, 0.5) is 19.0 Å². The Hall–Kier alpha value is -3.08. The number of hydrogen-bond acceptors (Lipinski definition) is 5. The molecular formula is C22H22F3N5O3. The molecule has 1 N–H and O–H groups in total. The SMILES string of the molecule is CC12CC(c3cn4cc(C(=O)Nc5ccn(C(F)(F)F)n5)c(OC5CCC5)cc4n3)(CO1)C2. The van der Waals surface area contributed by atoms with Crippen LogP contribution in [-0.2, 0) is 16.5 Å². The zero-order valence-electron chi connectivity index (χ0n) is 17.9. The number of fused-ring (bicyclic) bond motifs is 2. The van der Waals surface area contributed by atoms with Crippen LogP contribution in [0.15, 0.2) is 30.7 Å². The van der Waals surface area contributed by atoms with Crippen LogP contribution in [0.3, 0.4) is 0 Å². The van der Waals surface area contributed by atoms with Crippen molar-refractivity contribution in [3.63, 3.8) is 0 Å². The van der Waals surface area contributed by atoms with E-state index in [1.807, 2.05) is 6.20 Å². The summed E-state index contributed by atoms with van der Waals surface area (Å²) in [6, 6.07) is 2.81. The number of alkyl halides is 3. The standard InChI is InChI=1S/C22H22F3N5O3/c1-20-10-21(11-20,12-32-20)16-9-29-8-14(15(7-18(29)26-16)33-13-3-2-4-13)19(31)27-17-5-6-30(28-17)22(23,24)25/h5-9,13H,2-4,10-12H2,1H3,(H,27,28,31). The highest BCUT2D eigenvalue weighted by Gasteiger charge is 2.61. The molecule has 33 heavy (non-hydrogen) atoms. The van der Waals surface area contributed by atoms with Crippen LogP contribution in [0.1, 0.15) is 55.1 Å². The van der Waals surface area contributed by atoms with E-state index in [9.17, 15) is 18.0 Å². The molecule has 4 aliphatic rings. The van der Waals surface area contributed by atoms with E-state index in [2.05, 4.69) is 17.3 Å². The maximum absolute atomic E-state index is 13.0. The first-order valence-corrected chi connectivity index (χ1v) is 10.9. The topological polar surface area (TPSA) is 82.7 Å². The van der Waals surface area contributed by atoms with Gasteiger partial charge in [-0.1, -0.05) is 0 Å². The van der Waals surface area contributed by atoms with Crippen molar-refractivity contribution in [2.24, 2.45) is 0 Å². The van der Waals surface area contributed by atoms with Crippen molar-refractivity contribution in [1.29, 1.82) is 0 Å². The number of hydrogen-bond donors (Lipinski definition) is 1. The molecule has 0 spiro atoms. The zero-order chi connectivity index (χ0) is 23.0. The molecular weight excluding hydrogens is 439 g/mol. The van der Waals surface area contributed by atoms with Gasteiger partial charge in [0.15, 0.2) is 5.82 Å². The lowest BCUT2D eigenvalue weighted by molar-refractivity contribution is -0.212. The summed E-state index contributed by atoms with van der Waals surface area (Å²) in [6.07, 6.45) is 4.25. The Balaban J connectivity index is 1.33. The molecule has 2 saturated carbocycles. The molecule has 5 heterocycles. The summed E-state index contributed by atoms with van der Waals surface area (Å²) in [4.78, 5) is 17.8. The number of carbonyl (C=O) groups is 1. The van der Waals surface area contributed by atoms with Crippen LogP contribution in [0, 0.1) is 0 Å². The first-order valence-electron chi connectivity index (χ1n) is 10.9. The van der Waals surface area contributed by atoms with Crippen molar-refractivity contribution in [3.8, 4) is 5.75 Å². The minimum Gasteiger partial charge on any atom is -0.489 e. The van der Waals surface area contributed by atoms with Crippen LogP contribution in [0.2, 0.25) is 0 Å². The molecule has 8 nitrogen and oxygen atoms in total. The number of nitrogens with one attached hydrogen (secondary N) is 1. The van der Waals surface area contributed by atoms with Gasteiger partial charge in [-0.2, -0.15) is 4.68 Å². The maximum Gasteiger partial charge on any atom is 0.504 e. The number of ether oxygens (including phenoxy) is 2. The predicted octanol–water partition coefficient (Wildman–Crippen LogP) is 4.01. The third kappa shape index (κ3) is 3.36. The second-order valence-electron chi connectivity index (χ2n) is 9.55. The lowest BCUT2D eigenvalue weighted by Crippen LogP contribution is -2.45. The number of imidazole rings is 1. The maximum atomic E-state index is 13.0. The Labute approximate surface area is 186 Å². The molecule has 174 valence electrons. The molecule has 2 saturated heterocycles. The summed E-state index contributed by atoms with van der Waals surface area (Å²) in [5, 5.41) is 5.83. The lowest BCUT2D eigenvalue weighted by Gasteiger charge is -2.41. The van der Waals surface area contributed by atoms with Gasteiger partial charge >= 0.3 is 6.30 Å². The van der Waals surface area contributed by atoms with Crippen molar-refractivity contribution >= 4 is 17.4 Å². The van der Waals surface area contributed by atoms with Crippen LogP contribution in [0.25, 0.3) is 5.65 Å². The van der Waals surface area contributed by atoms with E-state index in [4.69, 9.17) is 14.5 Å². The van der Waals surface area contributed by atoms with Gasteiger partial charge in [0, 0.05) is 36.1 Å². The zero-order valence-corrected chi connectivity index (χ0v) is 17.9. The van der Waals surface area contributed by atoms with Crippen molar-refractivity contribution in [3.05, 3.63) is 42.0 Å². The number of pyridine rings is 1. The van der Waals surface area contributed by atoms with Crippen molar-refractivity contribution in [2.45, 2.75) is 62.4 Å². The molecule has 2 aliphatic carbocycles. The largest absolute Gasteiger partial charge is 0.504 e. The van der Waals surface area contributed by atoms with Crippen molar-refractivity contribution in [2.75, 3.05) is 11.9 Å². The van der Waals surface area contributed by atoms with E-state index in [0.29, 0.717) is 18.0 Å². The molecule has 7 rings (SSSR count). The fraction of sp³-hybridized carbons (Fsp3) is 0.500. The highest BCUT2D eigenvalue weighted by molar-refractivity contribution is 6.05. The third-order valence-electron chi connectivity index (χ3n) is 6.90. The van der Waals surface area contributed by atoms with Gasteiger partial charge in [0.05, 0.1) is 29.6 Å². The highest BCUT2D eigenvalue weighted by atomic mass is 19.4. The Kier molecular flexibility index (Phi) is 4.18. The highest BCUT2D eigenvalue weighted by Crippen LogP contribution is 2.58. The van der Waals surface area contributed by atoms with Gasteiger partial charge in [-0.15, -0.1) is 18.3 Å². The first kappa shape index (κ1) is 20.5. The molecule has 2 aliphatic heterocycles. The Morgan fingerprint density at radius 3 is 2.70 bits per heavy atom. The fourth-order valence-corrected chi connectivity index (χ4v) is 5.07. The minimum absolute atomic E-state index is 0.00652. The minimum atomic E-state index is -4.66. The van der Waals surface area contributed by atoms with Gasteiger partial charge in [0.2, 0.25) is 0 Å². The molecule has 2 bridgehead atoms. The lowest BCUT2D eigenvalue weighted by atomic mass is 9.62. The summed E-state index contributed by atoms with van der Waals surface area (Å²) in [6.45, 7) is 2.72. The quantitative estimate of drug-likeness (QED) is 0.621. The monoisotopic (exact) mass is 461 g/mol. The molecule has 4 fully saturated rings. The van der Waals surface area contributed by atoms with Crippen LogP contribution >= 0.6 is 0 Å². The Bertz CT molecular complexity index is 1250. The Morgan fingerprint density at radius 2 is 2.09 bits per heavy atom. The number of nitrogens with zero attached hydrogens (tertiary/aromatic N) is 4. The summed E-state index contributed by atoms with van der Waals surface area (Å²) in [5.74, 6) is -0.447. The molecule has 0 atom stereocenters. The molecule has 3 aromatic heterocycles. The second-order valence-corrected chi connectivity index (χ2v) is 9.55. The smallest absolute Gasteiger partial charge is 0.489 e. The van der Waals surface area contributed by atoms with E-state index in [0.717, 1.165) is 50.1 Å². The average Bonchev–Trinajstić information content (AvgIpc) is 3.44. The third-order valence-corrected chi connectivity index (χ3v) is 6.90.